The number of hydrogen-bond donors (Lipinski definition) is 1. The molecule has 0 aromatic heterocycles. The maximum Gasteiger partial charge on any atom is 0.00232 e. The first-order valence-corrected chi connectivity index (χ1v) is 7.52. The summed E-state index contributed by atoms with van der Waals surface area (Å²) in [4.78, 5) is 0. The van der Waals surface area contributed by atoms with E-state index in [1.807, 2.05) is 0 Å². The first-order valence-electron chi connectivity index (χ1n) is 7.52. The van der Waals surface area contributed by atoms with Gasteiger partial charge in [0.15, 0.2) is 0 Å². The Bertz CT molecular complexity index is 528. The molecule has 0 amide bonds. The topological polar surface area (TPSA) is 12.0 Å². The lowest BCUT2D eigenvalue weighted by Crippen LogP contribution is -2.22. The van der Waals surface area contributed by atoms with Gasteiger partial charge in [0.05, 0.1) is 0 Å². The molecule has 1 unspecified atom stereocenters. The number of nitrogens with one attached hydrogen (secondary N) is 1. The summed E-state index contributed by atoms with van der Waals surface area (Å²) in [5, 5.41) is 3.50. The van der Waals surface area contributed by atoms with Gasteiger partial charge in [-0.25, -0.2) is 0 Å². The van der Waals surface area contributed by atoms with Crippen molar-refractivity contribution < 1.29 is 0 Å². The summed E-state index contributed by atoms with van der Waals surface area (Å²) < 4.78 is 0. The quantitative estimate of drug-likeness (QED) is 0.825. The lowest BCUT2D eigenvalue weighted by atomic mass is 9.89. The number of aryl methyl sites for hydroxylation is 2. The molecule has 1 N–H and O–H groups in total. The molecule has 1 nitrogen and oxygen atoms in total. The fraction of sp³-hybridized carbons (Fsp3) is 0.368. The summed E-state index contributed by atoms with van der Waals surface area (Å²) in [5.74, 6) is 0.539. The third-order valence-corrected chi connectivity index (χ3v) is 3.92. The number of rotatable bonds is 6. The average molecular weight is 267 g/mol. The van der Waals surface area contributed by atoms with Crippen LogP contribution in [0.4, 0.5) is 0 Å². The van der Waals surface area contributed by atoms with Gasteiger partial charge < -0.3 is 5.32 Å². The van der Waals surface area contributed by atoms with Gasteiger partial charge in [-0.3, -0.25) is 0 Å². The van der Waals surface area contributed by atoms with E-state index >= 15 is 0 Å². The molecule has 2 rings (SSSR count). The summed E-state index contributed by atoms with van der Waals surface area (Å²) in [7, 11) is 0. The van der Waals surface area contributed by atoms with Gasteiger partial charge >= 0.3 is 0 Å². The highest BCUT2D eigenvalue weighted by Crippen LogP contribution is 2.22. The van der Waals surface area contributed by atoms with Gasteiger partial charge in [0.1, 0.15) is 0 Å². The SMILES string of the molecule is CCNCC(Cc1ccccc1C)c1ccc(C)cc1. The third kappa shape index (κ3) is 3.94. The van der Waals surface area contributed by atoms with Crippen molar-refractivity contribution >= 4 is 0 Å². The molecular weight excluding hydrogens is 242 g/mol. The third-order valence-electron chi connectivity index (χ3n) is 3.92. The Kier molecular flexibility index (Phi) is 5.37. The zero-order chi connectivity index (χ0) is 14.4. The van der Waals surface area contributed by atoms with Crippen LogP contribution < -0.4 is 5.32 Å². The van der Waals surface area contributed by atoms with Crippen LogP contribution in [0.5, 0.6) is 0 Å². The van der Waals surface area contributed by atoms with Crippen LogP contribution in [-0.2, 0) is 6.42 Å². The van der Waals surface area contributed by atoms with Crippen molar-refractivity contribution in [2.24, 2.45) is 0 Å². The van der Waals surface area contributed by atoms with E-state index in [2.05, 4.69) is 74.6 Å². The van der Waals surface area contributed by atoms with Gasteiger partial charge in [0.2, 0.25) is 0 Å². The van der Waals surface area contributed by atoms with E-state index in [1.165, 1.54) is 22.3 Å². The van der Waals surface area contributed by atoms with Crippen molar-refractivity contribution in [3.05, 3.63) is 70.8 Å². The normalized spacial score (nSPS) is 12.3. The Morgan fingerprint density at radius 2 is 1.65 bits per heavy atom. The molecule has 106 valence electrons. The average Bonchev–Trinajstić information content (AvgIpc) is 2.46. The zero-order valence-electron chi connectivity index (χ0n) is 12.8. The van der Waals surface area contributed by atoms with E-state index in [0.717, 1.165) is 19.5 Å². The Morgan fingerprint density at radius 3 is 2.30 bits per heavy atom. The van der Waals surface area contributed by atoms with E-state index in [1.54, 1.807) is 0 Å². The summed E-state index contributed by atoms with van der Waals surface area (Å²) in [5.41, 5.74) is 5.60. The highest BCUT2D eigenvalue weighted by Gasteiger charge is 2.13. The molecule has 0 fully saturated rings. The minimum absolute atomic E-state index is 0.539. The van der Waals surface area contributed by atoms with E-state index in [-0.39, 0.29) is 0 Å². The zero-order valence-corrected chi connectivity index (χ0v) is 12.8. The Balaban J connectivity index is 2.19. The lowest BCUT2D eigenvalue weighted by molar-refractivity contribution is 0.594. The Morgan fingerprint density at radius 1 is 0.950 bits per heavy atom. The molecule has 0 aliphatic rings. The molecule has 0 saturated carbocycles. The first kappa shape index (κ1) is 14.8. The molecule has 0 heterocycles. The fourth-order valence-electron chi connectivity index (χ4n) is 2.57. The van der Waals surface area contributed by atoms with E-state index in [0.29, 0.717) is 5.92 Å². The standard InChI is InChI=1S/C19H25N/c1-4-20-14-19(17-11-9-15(2)10-12-17)13-18-8-6-5-7-16(18)3/h5-12,19-20H,4,13-14H2,1-3H3. The molecule has 0 bridgehead atoms. The van der Waals surface area contributed by atoms with Crippen LogP contribution in [0.25, 0.3) is 0 Å². The fourth-order valence-corrected chi connectivity index (χ4v) is 2.57. The van der Waals surface area contributed by atoms with Crippen molar-refractivity contribution in [1.29, 1.82) is 0 Å². The van der Waals surface area contributed by atoms with Crippen LogP contribution in [0.2, 0.25) is 0 Å². The molecule has 0 radical (unpaired) electrons. The highest BCUT2D eigenvalue weighted by molar-refractivity contribution is 5.31. The predicted molar refractivity (Wildman–Crippen MR) is 87.3 cm³/mol. The molecule has 0 spiro atoms. The smallest absolute Gasteiger partial charge is 0.00232 e. The second-order valence-electron chi connectivity index (χ2n) is 5.55. The van der Waals surface area contributed by atoms with E-state index in [9.17, 15) is 0 Å². The van der Waals surface area contributed by atoms with E-state index < -0.39 is 0 Å². The molecule has 2 aromatic rings. The molecule has 0 aliphatic carbocycles. The van der Waals surface area contributed by atoms with Crippen LogP contribution in [0.15, 0.2) is 48.5 Å². The molecule has 2 aromatic carbocycles. The monoisotopic (exact) mass is 267 g/mol. The molecule has 0 aliphatic heterocycles. The van der Waals surface area contributed by atoms with Crippen LogP contribution in [0.1, 0.15) is 35.1 Å². The van der Waals surface area contributed by atoms with Crippen LogP contribution >= 0.6 is 0 Å². The highest BCUT2D eigenvalue weighted by atomic mass is 14.8. The van der Waals surface area contributed by atoms with Gasteiger partial charge in [-0.15, -0.1) is 0 Å². The molecule has 1 heteroatoms. The van der Waals surface area contributed by atoms with E-state index in [4.69, 9.17) is 0 Å². The van der Waals surface area contributed by atoms with Crippen molar-refractivity contribution in [3.8, 4) is 0 Å². The summed E-state index contributed by atoms with van der Waals surface area (Å²) in [6.45, 7) is 8.57. The maximum atomic E-state index is 3.50. The van der Waals surface area contributed by atoms with Crippen molar-refractivity contribution in [1.82, 2.24) is 5.32 Å². The second kappa shape index (κ2) is 7.25. The number of benzene rings is 2. The van der Waals surface area contributed by atoms with Crippen LogP contribution in [0, 0.1) is 13.8 Å². The van der Waals surface area contributed by atoms with Crippen molar-refractivity contribution in [2.45, 2.75) is 33.1 Å². The summed E-state index contributed by atoms with van der Waals surface area (Å²) in [6, 6.07) is 17.7. The molecular formula is C19H25N. The van der Waals surface area contributed by atoms with Gasteiger partial charge in [-0.1, -0.05) is 61.0 Å². The second-order valence-corrected chi connectivity index (χ2v) is 5.55. The van der Waals surface area contributed by atoms with Crippen molar-refractivity contribution in [2.75, 3.05) is 13.1 Å². The largest absolute Gasteiger partial charge is 0.316 e. The molecule has 1 atom stereocenters. The van der Waals surface area contributed by atoms with Gasteiger partial charge in [-0.05, 0) is 43.5 Å². The summed E-state index contributed by atoms with van der Waals surface area (Å²) >= 11 is 0. The summed E-state index contributed by atoms with van der Waals surface area (Å²) in [6.07, 6.45) is 1.10. The first-order chi connectivity index (χ1) is 9.70. The van der Waals surface area contributed by atoms with Crippen molar-refractivity contribution in [3.63, 3.8) is 0 Å². The van der Waals surface area contributed by atoms with Gasteiger partial charge in [0.25, 0.3) is 0 Å². The number of hydrogen-bond acceptors (Lipinski definition) is 1. The van der Waals surface area contributed by atoms with Gasteiger partial charge in [0, 0.05) is 12.5 Å². The lowest BCUT2D eigenvalue weighted by Gasteiger charge is -2.19. The minimum Gasteiger partial charge on any atom is -0.316 e. The van der Waals surface area contributed by atoms with Crippen LogP contribution in [-0.4, -0.2) is 13.1 Å². The van der Waals surface area contributed by atoms with Gasteiger partial charge in [-0.2, -0.15) is 0 Å². The Labute approximate surface area is 123 Å². The minimum atomic E-state index is 0.539. The van der Waals surface area contributed by atoms with Crippen LogP contribution in [0.3, 0.4) is 0 Å². The molecule has 20 heavy (non-hydrogen) atoms. The number of likely N-dealkylation sites (N-methyl/N-ethyl adjacent to an activating group) is 1. The predicted octanol–water partition coefficient (Wildman–Crippen LogP) is 4.24. The molecule has 0 saturated heterocycles. The Hall–Kier alpha value is -1.60. The maximum absolute atomic E-state index is 3.50.